The number of fused-ring (bicyclic) bond motifs is 1. The van der Waals surface area contributed by atoms with E-state index in [2.05, 4.69) is 15.0 Å². The van der Waals surface area contributed by atoms with Crippen LogP contribution in [0.3, 0.4) is 0 Å². The largest absolute Gasteiger partial charge is 0.433 e. The highest BCUT2D eigenvalue weighted by atomic mass is 19.4. The van der Waals surface area contributed by atoms with Crippen LogP contribution in [0.4, 0.5) is 13.2 Å². The molecule has 1 aromatic carbocycles. The van der Waals surface area contributed by atoms with Crippen LogP contribution in [0, 0.1) is 6.92 Å². The summed E-state index contributed by atoms with van der Waals surface area (Å²) >= 11 is 0. The number of benzene rings is 1. The number of aromatic amines is 1. The van der Waals surface area contributed by atoms with E-state index < -0.39 is 11.9 Å². The minimum absolute atomic E-state index is 0.0685. The van der Waals surface area contributed by atoms with E-state index in [9.17, 15) is 18.0 Å². The Balaban J connectivity index is 1.60. The number of alkyl halides is 3. The first-order valence-corrected chi connectivity index (χ1v) is 8.49. The predicted molar refractivity (Wildman–Crippen MR) is 95.4 cm³/mol. The Hall–Kier alpha value is -2.90. The fourth-order valence-electron chi connectivity index (χ4n) is 2.86. The highest BCUT2D eigenvalue weighted by molar-refractivity contribution is 5.95. The molecule has 0 fully saturated rings. The molecule has 2 aromatic heterocycles. The van der Waals surface area contributed by atoms with Crippen LogP contribution in [0.1, 0.15) is 34.0 Å². The Kier molecular flexibility index (Phi) is 5.16. The number of hydrogen-bond acceptors (Lipinski definition) is 3. The van der Waals surface area contributed by atoms with Gasteiger partial charge in [0, 0.05) is 20.0 Å². The van der Waals surface area contributed by atoms with Gasteiger partial charge in [-0.15, -0.1) is 0 Å². The number of para-hydroxylation sites is 2. The lowest BCUT2D eigenvalue weighted by Crippen LogP contribution is -2.29. The van der Waals surface area contributed by atoms with E-state index >= 15 is 0 Å². The first kappa shape index (κ1) is 18.9. The van der Waals surface area contributed by atoms with Crippen LogP contribution in [0.5, 0.6) is 0 Å². The van der Waals surface area contributed by atoms with Crippen molar-refractivity contribution in [3.05, 3.63) is 59.2 Å². The van der Waals surface area contributed by atoms with Gasteiger partial charge in [-0.1, -0.05) is 12.1 Å². The lowest BCUT2D eigenvalue weighted by Gasteiger charge is -2.18. The second-order valence-corrected chi connectivity index (χ2v) is 6.36. The number of pyridine rings is 1. The van der Waals surface area contributed by atoms with Crippen molar-refractivity contribution in [2.45, 2.75) is 25.9 Å². The molecule has 3 aromatic rings. The molecule has 0 bridgehead atoms. The zero-order valence-electron chi connectivity index (χ0n) is 15.0. The van der Waals surface area contributed by atoms with Crippen LogP contribution in [0.25, 0.3) is 11.0 Å². The third-order valence-corrected chi connectivity index (χ3v) is 4.30. The van der Waals surface area contributed by atoms with E-state index in [4.69, 9.17) is 0 Å². The molecule has 8 heteroatoms. The topological polar surface area (TPSA) is 61.9 Å². The number of imidazole rings is 1. The lowest BCUT2D eigenvalue weighted by atomic mass is 10.1. The van der Waals surface area contributed by atoms with Crippen molar-refractivity contribution in [2.75, 3.05) is 13.6 Å². The second-order valence-electron chi connectivity index (χ2n) is 6.36. The first-order valence-electron chi connectivity index (χ1n) is 8.49. The summed E-state index contributed by atoms with van der Waals surface area (Å²) in [5.74, 6) is 0.489. The summed E-state index contributed by atoms with van der Waals surface area (Å²) in [6, 6.07) is 9.73. The van der Waals surface area contributed by atoms with Crippen LogP contribution in [-0.2, 0) is 12.6 Å². The Bertz CT molecular complexity index is 932. The van der Waals surface area contributed by atoms with Gasteiger partial charge >= 0.3 is 6.18 Å². The molecule has 0 atom stereocenters. The van der Waals surface area contributed by atoms with Gasteiger partial charge in [0.15, 0.2) is 0 Å². The Labute approximate surface area is 154 Å². The maximum absolute atomic E-state index is 12.7. The summed E-state index contributed by atoms with van der Waals surface area (Å²) in [6.07, 6.45) is -3.18. The second kappa shape index (κ2) is 7.38. The Morgan fingerprint density at radius 2 is 1.89 bits per heavy atom. The molecule has 0 spiro atoms. The summed E-state index contributed by atoms with van der Waals surface area (Å²) in [5.41, 5.74) is 1.10. The summed E-state index contributed by atoms with van der Waals surface area (Å²) in [7, 11) is 1.62. The minimum Gasteiger partial charge on any atom is -0.342 e. The minimum atomic E-state index is -4.52. The van der Waals surface area contributed by atoms with E-state index in [0.29, 0.717) is 19.4 Å². The number of halogens is 3. The molecule has 27 heavy (non-hydrogen) atoms. The molecule has 5 nitrogen and oxygen atoms in total. The number of H-pyrrole nitrogens is 1. The first-order chi connectivity index (χ1) is 12.8. The zero-order chi connectivity index (χ0) is 19.6. The summed E-state index contributed by atoms with van der Waals surface area (Å²) < 4.78 is 38.1. The van der Waals surface area contributed by atoms with Crippen molar-refractivity contribution in [1.29, 1.82) is 0 Å². The van der Waals surface area contributed by atoms with Crippen LogP contribution in [-0.4, -0.2) is 39.4 Å². The van der Waals surface area contributed by atoms with E-state index in [1.807, 2.05) is 24.3 Å². The lowest BCUT2D eigenvalue weighted by molar-refractivity contribution is -0.141. The molecule has 3 rings (SSSR count). The third-order valence-electron chi connectivity index (χ3n) is 4.30. The quantitative estimate of drug-likeness (QED) is 0.732. The Morgan fingerprint density at radius 3 is 2.56 bits per heavy atom. The summed E-state index contributed by atoms with van der Waals surface area (Å²) in [5, 5.41) is 0. The molecule has 0 unspecified atom stereocenters. The van der Waals surface area contributed by atoms with E-state index in [1.54, 1.807) is 7.05 Å². The third kappa shape index (κ3) is 4.27. The van der Waals surface area contributed by atoms with Gasteiger partial charge in [0.05, 0.1) is 22.3 Å². The van der Waals surface area contributed by atoms with Crippen LogP contribution in [0.2, 0.25) is 0 Å². The fraction of sp³-hybridized carbons (Fsp3) is 0.316. The van der Waals surface area contributed by atoms with Gasteiger partial charge in [0.1, 0.15) is 11.5 Å². The normalized spacial score (nSPS) is 11.7. The maximum Gasteiger partial charge on any atom is 0.433 e. The number of carbonyl (C=O) groups is 1. The molecular weight excluding hydrogens is 357 g/mol. The molecular formula is C19H19F3N4O. The summed E-state index contributed by atoms with van der Waals surface area (Å²) in [4.78, 5) is 25.2. The fourth-order valence-corrected chi connectivity index (χ4v) is 2.86. The van der Waals surface area contributed by atoms with Crippen molar-refractivity contribution in [2.24, 2.45) is 0 Å². The van der Waals surface area contributed by atoms with Crippen molar-refractivity contribution < 1.29 is 18.0 Å². The van der Waals surface area contributed by atoms with E-state index in [-0.39, 0.29) is 17.2 Å². The standard InChI is InChI=1S/C19H19F3N4O/c1-12-13(9-10-16(23-12)19(20,21)22)18(27)26(2)11-5-8-17-24-14-6-3-4-7-15(14)25-17/h3-4,6-7,9-10H,5,8,11H2,1-2H3,(H,24,25). The highest BCUT2D eigenvalue weighted by Gasteiger charge is 2.33. The molecule has 0 aliphatic rings. The predicted octanol–water partition coefficient (Wildman–Crippen LogP) is 3.99. The van der Waals surface area contributed by atoms with Gasteiger partial charge in [-0.3, -0.25) is 4.79 Å². The molecule has 2 heterocycles. The van der Waals surface area contributed by atoms with Gasteiger partial charge in [-0.2, -0.15) is 13.2 Å². The van der Waals surface area contributed by atoms with Gasteiger partial charge in [0.25, 0.3) is 5.91 Å². The van der Waals surface area contributed by atoms with Crippen molar-refractivity contribution in [3.63, 3.8) is 0 Å². The monoisotopic (exact) mass is 376 g/mol. The molecule has 1 N–H and O–H groups in total. The molecule has 0 radical (unpaired) electrons. The number of carbonyl (C=O) groups excluding carboxylic acids is 1. The van der Waals surface area contributed by atoms with Crippen LogP contribution < -0.4 is 0 Å². The van der Waals surface area contributed by atoms with Crippen molar-refractivity contribution in [3.8, 4) is 0 Å². The van der Waals surface area contributed by atoms with Gasteiger partial charge < -0.3 is 9.88 Å². The summed E-state index contributed by atoms with van der Waals surface area (Å²) in [6.45, 7) is 1.86. The maximum atomic E-state index is 12.7. The van der Waals surface area contributed by atoms with Crippen LogP contribution >= 0.6 is 0 Å². The average molecular weight is 376 g/mol. The van der Waals surface area contributed by atoms with Gasteiger partial charge in [-0.05, 0) is 37.6 Å². The molecule has 0 saturated heterocycles. The van der Waals surface area contributed by atoms with E-state index in [0.717, 1.165) is 22.9 Å². The average Bonchev–Trinajstić information content (AvgIpc) is 3.03. The van der Waals surface area contributed by atoms with E-state index in [1.165, 1.54) is 17.9 Å². The number of nitrogens with one attached hydrogen (secondary N) is 1. The van der Waals surface area contributed by atoms with Gasteiger partial charge in [0.2, 0.25) is 0 Å². The number of hydrogen-bond donors (Lipinski definition) is 1. The van der Waals surface area contributed by atoms with Crippen molar-refractivity contribution >= 4 is 16.9 Å². The number of nitrogens with zero attached hydrogens (tertiary/aromatic N) is 3. The van der Waals surface area contributed by atoms with Gasteiger partial charge in [-0.25, -0.2) is 9.97 Å². The SMILES string of the molecule is Cc1nc(C(F)(F)F)ccc1C(=O)N(C)CCCc1nc2ccccc2[nH]1. The van der Waals surface area contributed by atoms with Crippen LogP contribution in [0.15, 0.2) is 36.4 Å². The number of amides is 1. The molecule has 1 amide bonds. The molecule has 142 valence electrons. The van der Waals surface area contributed by atoms with Crippen molar-refractivity contribution in [1.82, 2.24) is 19.9 Å². The molecule has 0 saturated carbocycles. The molecule has 0 aliphatic heterocycles. The molecule has 0 aliphatic carbocycles. The highest BCUT2D eigenvalue weighted by Crippen LogP contribution is 2.28. The Morgan fingerprint density at radius 1 is 1.15 bits per heavy atom. The number of aromatic nitrogens is 3. The zero-order valence-corrected chi connectivity index (χ0v) is 15.0. The number of rotatable bonds is 5. The smallest absolute Gasteiger partial charge is 0.342 e. The number of aryl methyl sites for hydroxylation is 2.